The van der Waals surface area contributed by atoms with Crippen molar-refractivity contribution in [2.24, 2.45) is 0 Å². The van der Waals surface area contributed by atoms with Crippen LogP contribution >= 0.6 is 0 Å². The summed E-state index contributed by atoms with van der Waals surface area (Å²) in [7, 11) is -3.45. The molecule has 94 valence electrons. The molecule has 0 rings (SSSR count). The predicted molar refractivity (Wildman–Crippen MR) is 72.3 cm³/mol. The molecule has 0 saturated heterocycles. The van der Waals surface area contributed by atoms with E-state index in [0.717, 1.165) is 6.04 Å². The van der Waals surface area contributed by atoms with Crippen LogP contribution in [0.3, 0.4) is 0 Å². The van der Waals surface area contributed by atoms with Crippen molar-refractivity contribution in [2.75, 3.05) is 6.23 Å². The topological polar surface area (TPSA) is 35.5 Å². The minimum Gasteiger partial charge on any atom is -0.463 e. The lowest BCUT2D eigenvalue weighted by Gasteiger charge is -2.32. The lowest BCUT2D eigenvalue weighted by Crippen LogP contribution is -2.47. The highest BCUT2D eigenvalue weighted by molar-refractivity contribution is 6.84. The summed E-state index contributed by atoms with van der Waals surface area (Å²) in [4.78, 5) is 11.3. The van der Waals surface area contributed by atoms with E-state index < -0.39 is 16.6 Å². The highest BCUT2D eigenvalue weighted by Gasteiger charge is 2.33. The van der Waals surface area contributed by atoms with Gasteiger partial charge in [0.1, 0.15) is 6.23 Å². The zero-order valence-corrected chi connectivity index (χ0v) is 13.3. The largest absolute Gasteiger partial charge is 0.463 e. The molecule has 0 spiro atoms. The summed E-state index contributed by atoms with van der Waals surface area (Å²) in [6.45, 7) is 15.9. The number of rotatable bonds is 6. The summed E-state index contributed by atoms with van der Waals surface area (Å²) in [6, 6.07) is 1.08. The van der Waals surface area contributed by atoms with Crippen LogP contribution in [0.25, 0.3) is 0 Å². The molecule has 0 aromatic rings. The molecule has 0 unspecified atom stereocenters. The molecule has 3 nitrogen and oxygen atoms in total. The van der Waals surface area contributed by atoms with Gasteiger partial charge in [-0.2, -0.15) is 0 Å². The fourth-order valence-electron chi connectivity index (χ4n) is 1.21. The first kappa shape index (κ1) is 15.6. The first-order valence-corrected chi connectivity index (χ1v) is 11.9. The van der Waals surface area contributed by atoms with Crippen molar-refractivity contribution in [3.05, 3.63) is 12.2 Å². The van der Waals surface area contributed by atoms with Crippen molar-refractivity contribution >= 4 is 22.6 Å². The van der Waals surface area contributed by atoms with Crippen LogP contribution in [-0.2, 0) is 13.6 Å². The summed E-state index contributed by atoms with van der Waals surface area (Å²) in [6.07, 6.45) is 0.412. The molecule has 0 heterocycles. The van der Waals surface area contributed by atoms with Crippen molar-refractivity contribution in [1.82, 2.24) is 0 Å². The summed E-state index contributed by atoms with van der Waals surface area (Å²) in [5.41, 5.74) is 0.441. The number of esters is 1. The molecule has 0 aliphatic rings. The Kier molecular flexibility index (Phi) is 5.65. The van der Waals surface area contributed by atoms with Gasteiger partial charge in [-0.3, -0.25) is 0 Å². The van der Waals surface area contributed by atoms with Crippen LogP contribution in [-0.4, -0.2) is 28.8 Å². The number of hydrogen-bond donors (Lipinski definition) is 0. The van der Waals surface area contributed by atoms with Crippen molar-refractivity contribution in [2.45, 2.75) is 46.1 Å². The van der Waals surface area contributed by atoms with E-state index in [9.17, 15) is 4.79 Å². The van der Waals surface area contributed by atoms with E-state index in [1.807, 2.05) is 0 Å². The second kappa shape index (κ2) is 5.79. The molecule has 0 N–H and O–H groups in total. The van der Waals surface area contributed by atoms with E-state index in [0.29, 0.717) is 11.8 Å². The quantitative estimate of drug-likeness (QED) is 0.418. The normalized spacial score (nSPS) is 12.4. The second-order valence-electron chi connectivity index (χ2n) is 5.33. The van der Waals surface area contributed by atoms with Crippen molar-refractivity contribution < 1.29 is 13.6 Å². The Bertz CT molecular complexity index is 272. The van der Waals surface area contributed by atoms with Crippen LogP contribution in [0, 0.1) is 0 Å². The highest BCUT2D eigenvalue weighted by atomic mass is 28.4. The van der Waals surface area contributed by atoms with E-state index in [1.54, 1.807) is 6.92 Å². The number of ether oxygens (including phenoxy) is 1. The van der Waals surface area contributed by atoms with Gasteiger partial charge in [0.2, 0.25) is 8.32 Å². The van der Waals surface area contributed by atoms with Gasteiger partial charge in [-0.25, -0.2) is 4.79 Å². The zero-order chi connectivity index (χ0) is 13.0. The van der Waals surface area contributed by atoms with E-state index in [1.165, 1.54) is 0 Å². The third-order valence-corrected chi connectivity index (χ3v) is 9.27. The van der Waals surface area contributed by atoms with Gasteiger partial charge in [-0.1, -0.05) is 13.5 Å². The second-order valence-corrected chi connectivity index (χ2v) is 14.2. The fourth-order valence-corrected chi connectivity index (χ4v) is 8.49. The molecular formula is C11H24O3Si2. The van der Waals surface area contributed by atoms with E-state index in [4.69, 9.17) is 8.85 Å². The Morgan fingerprint density at radius 1 is 1.19 bits per heavy atom. The molecule has 0 aromatic carbocycles. The first-order chi connectivity index (χ1) is 7.09. The van der Waals surface area contributed by atoms with Gasteiger partial charge < -0.3 is 8.85 Å². The summed E-state index contributed by atoms with van der Waals surface area (Å²) >= 11 is 0. The van der Waals surface area contributed by atoms with Crippen LogP contribution in [0.4, 0.5) is 0 Å². The van der Waals surface area contributed by atoms with Gasteiger partial charge in [-0.05, 0) is 39.2 Å². The summed E-state index contributed by atoms with van der Waals surface area (Å²) in [5.74, 6) is -0.319. The smallest absolute Gasteiger partial charge is 0.332 e. The third-order valence-electron chi connectivity index (χ3n) is 2.30. The third kappa shape index (κ3) is 6.24. The van der Waals surface area contributed by atoms with E-state index >= 15 is 0 Å². The molecule has 16 heavy (non-hydrogen) atoms. The first-order valence-electron chi connectivity index (χ1n) is 5.62. The molecule has 0 aromatic heterocycles. The molecule has 0 saturated carbocycles. The Balaban J connectivity index is 4.25. The maximum atomic E-state index is 11.3. The molecule has 0 aliphatic carbocycles. The van der Waals surface area contributed by atoms with Crippen LogP contribution < -0.4 is 0 Å². The maximum absolute atomic E-state index is 11.3. The molecular weight excluding hydrogens is 236 g/mol. The standard InChI is InChI=1S/C11H24O3Si2/c1-8-15(4,5)14-16(6,7)9-13-11(12)10(2)3/h2,8-9H2,1,3-7H3. The lowest BCUT2D eigenvalue weighted by molar-refractivity contribution is -0.137. The van der Waals surface area contributed by atoms with Gasteiger partial charge in [-0.15, -0.1) is 0 Å². The number of carbonyl (C=O) groups excluding carboxylic acids is 1. The maximum Gasteiger partial charge on any atom is 0.332 e. The van der Waals surface area contributed by atoms with Crippen LogP contribution in [0.2, 0.25) is 32.2 Å². The minimum atomic E-state index is -1.89. The van der Waals surface area contributed by atoms with Crippen molar-refractivity contribution in [3.8, 4) is 0 Å². The molecule has 0 amide bonds. The minimum absolute atomic E-state index is 0.319. The average molecular weight is 260 g/mol. The Hall–Kier alpha value is -0.396. The highest BCUT2D eigenvalue weighted by Crippen LogP contribution is 2.18. The molecule has 0 radical (unpaired) electrons. The molecule has 0 aliphatic heterocycles. The van der Waals surface area contributed by atoms with Crippen LogP contribution in [0.5, 0.6) is 0 Å². The van der Waals surface area contributed by atoms with E-state index in [2.05, 4.69) is 39.7 Å². The lowest BCUT2D eigenvalue weighted by atomic mass is 10.4. The van der Waals surface area contributed by atoms with Gasteiger partial charge >= 0.3 is 5.97 Å². The summed E-state index contributed by atoms with van der Waals surface area (Å²) in [5, 5.41) is 0. The SMILES string of the molecule is C=C(C)C(=O)OC[Si](C)(C)O[Si](C)(C)CC. The number of hydrogen-bond acceptors (Lipinski definition) is 3. The molecule has 0 atom stereocenters. The van der Waals surface area contributed by atoms with Crippen LogP contribution in [0.1, 0.15) is 13.8 Å². The van der Waals surface area contributed by atoms with Gasteiger partial charge in [0.15, 0.2) is 8.32 Å². The fraction of sp³-hybridized carbons (Fsp3) is 0.727. The molecule has 5 heteroatoms. The summed E-state index contributed by atoms with van der Waals surface area (Å²) < 4.78 is 11.4. The van der Waals surface area contributed by atoms with Crippen LogP contribution in [0.15, 0.2) is 12.2 Å². The molecule has 0 fully saturated rings. The predicted octanol–water partition coefficient (Wildman–Crippen LogP) is 3.09. The van der Waals surface area contributed by atoms with Crippen molar-refractivity contribution in [1.29, 1.82) is 0 Å². The Morgan fingerprint density at radius 2 is 1.69 bits per heavy atom. The van der Waals surface area contributed by atoms with Gasteiger partial charge in [0, 0.05) is 5.57 Å². The van der Waals surface area contributed by atoms with Gasteiger partial charge in [0.05, 0.1) is 0 Å². The Morgan fingerprint density at radius 3 is 2.06 bits per heavy atom. The number of carbonyl (C=O) groups is 1. The van der Waals surface area contributed by atoms with E-state index in [-0.39, 0.29) is 5.97 Å². The van der Waals surface area contributed by atoms with Gasteiger partial charge in [0.25, 0.3) is 0 Å². The molecule has 0 bridgehead atoms. The Labute approximate surface area is 101 Å². The average Bonchev–Trinajstić information content (AvgIpc) is 2.12. The zero-order valence-electron chi connectivity index (χ0n) is 11.3. The monoisotopic (exact) mass is 260 g/mol. The van der Waals surface area contributed by atoms with Crippen molar-refractivity contribution in [3.63, 3.8) is 0 Å².